The van der Waals surface area contributed by atoms with Crippen molar-refractivity contribution in [1.29, 1.82) is 0 Å². The molecule has 29 heavy (non-hydrogen) atoms. The van der Waals surface area contributed by atoms with Gasteiger partial charge in [-0.2, -0.15) is 5.10 Å². The standard InChI is InChI=1S/C20H26FN7.HI/c1-3-22-20(26-18-5-4-10-28-19(18)25-13(2)27-28)23-9-8-14-12-24-17-7-6-15(21)11-16(14)17;/h6-7,11-12,18,24H,3-5,8-10H2,1-2H3,(H2,22,23,26);1H. The summed E-state index contributed by atoms with van der Waals surface area (Å²) in [5, 5.41) is 12.2. The second-order valence-corrected chi connectivity index (χ2v) is 7.09. The molecule has 1 unspecified atom stereocenters. The van der Waals surface area contributed by atoms with Crippen LogP contribution in [0.1, 0.15) is 43.0 Å². The summed E-state index contributed by atoms with van der Waals surface area (Å²) in [6, 6.07) is 4.92. The van der Waals surface area contributed by atoms with Crippen LogP contribution in [-0.4, -0.2) is 38.8 Å². The predicted molar refractivity (Wildman–Crippen MR) is 123 cm³/mol. The van der Waals surface area contributed by atoms with Crippen LogP contribution in [0.25, 0.3) is 10.9 Å². The molecule has 0 saturated carbocycles. The van der Waals surface area contributed by atoms with Crippen molar-refractivity contribution in [1.82, 2.24) is 30.4 Å². The summed E-state index contributed by atoms with van der Waals surface area (Å²) in [6.07, 6.45) is 4.74. The summed E-state index contributed by atoms with van der Waals surface area (Å²) in [5.41, 5.74) is 2.02. The minimum Gasteiger partial charge on any atom is -0.361 e. The van der Waals surface area contributed by atoms with Gasteiger partial charge in [-0.3, -0.25) is 4.99 Å². The molecule has 0 aliphatic carbocycles. The summed E-state index contributed by atoms with van der Waals surface area (Å²) in [7, 11) is 0. The van der Waals surface area contributed by atoms with Crippen LogP contribution in [0.15, 0.2) is 29.4 Å². The molecule has 9 heteroatoms. The van der Waals surface area contributed by atoms with Crippen molar-refractivity contribution in [3.05, 3.63) is 47.4 Å². The van der Waals surface area contributed by atoms with E-state index in [1.54, 1.807) is 12.1 Å². The number of rotatable bonds is 5. The summed E-state index contributed by atoms with van der Waals surface area (Å²) in [5.74, 6) is 2.33. The minimum atomic E-state index is -0.219. The zero-order chi connectivity index (χ0) is 19.5. The molecule has 0 bridgehead atoms. The third-order valence-corrected chi connectivity index (χ3v) is 5.02. The van der Waals surface area contributed by atoms with Crippen LogP contribution < -0.4 is 10.6 Å². The molecule has 0 saturated heterocycles. The van der Waals surface area contributed by atoms with Gasteiger partial charge in [0, 0.05) is 36.7 Å². The molecule has 3 heterocycles. The van der Waals surface area contributed by atoms with Gasteiger partial charge in [-0.1, -0.05) is 0 Å². The van der Waals surface area contributed by atoms with Crippen LogP contribution in [0.2, 0.25) is 0 Å². The van der Waals surface area contributed by atoms with E-state index in [4.69, 9.17) is 4.99 Å². The average Bonchev–Trinajstić information content (AvgIpc) is 3.25. The highest BCUT2D eigenvalue weighted by Crippen LogP contribution is 2.23. The minimum absolute atomic E-state index is 0. The van der Waals surface area contributed by atoms with Gasteiger partial charge >= 0.3 is 0 Å². The molecule has 156 valence electrons. The molecular weight excluding hydrogens is 484 g/mol. The van der Waals surface area contributed by atoms with Crippen LogP contribution in [0.4, 0.5) is 4.39 Å². The summed E-state index contributed by atoms with van der Waals surface area (Å²) in [4.78, 5) is 12.5. The Kier molecular flexibility index (Phi) is 7.09. The lowest BCUT2D eigenvalue weighted by Crippen LogP contribution is -2.41. The van der Waals surface area contributed by atoms with Crippen LogP contribution in [-0.2, 0) is 13.0 Å². The van der Waals surface area contributed by atoms with Crippen molar-refractivity contribution in [3.63, 3.8) is 0 Å². The average molecular weight is 511 g/mol. The van der Waals surface area contributed by atoms with E-state index in [2.05, 4.69) is 25.7 Å². The molecule has 3 aromatic rings. The van der Waals surface area contributed by atoms with Gasteiger partial charge in [-0.15, -0.1) is 24.0 Å². The Morgan fingerprint density at radius 1 is 1.41 bits per heavy atom. The number of nitrogens with zero attached hydrogens (tertiary/aromatic N) is 4. The number of aromatic amines is 1. The van der Waals surface area contributed by atoms with E-state index in [1.165, 1.54) is 6.07 Å². The lowest BCUT2D eigenvalue weighted by Gasteiger charge is -2.25. The second kappa shape index (κ2) is 9.55. The molecule has 3 N–H and O–H groups in total. The molecule has 0 amide bonds. The Morgan fingerprint density at radius 2 is 2.28 bits per heavy atom. The quantitative estimate of drug-likeness (QED) is 0.279. The molecule has 2 aromatic heterocycles. The fourth-order valence-electron chi connectivity index (χ4n) is 3.74. The third-order valence-electron chi connectivity index (χ3n) is 5.02. The highest BCUT2D eigenvalue weighted by Gasteiger charge is 2.24. The van der Waals surface area contributed by atoms with Gasteiger partial charge in [0.2, 0.25) is 0 Å². The number of hydrogen-bond donors (Lipinski definition) is 3. The number of aromatic nitrogens is 4. The zero-order valence-electron chi connectivity index (χ0n) is 16.7. The first-order chi connectivity index (χ1) is 13.6. The Labute approximate surface area is 186 Å². The molecule has 0 fully saturated rings. The molecule has 0 radical (unpaired) electrons. The monoisotopic (exact) mass is 511 g/mol. The number of fused-ring (bicyclic) bond motifs is 2. The van der Waals surface area contributed by atoms with Crippen molar-refractivity contribution < 1.29 is 4.39 Å². The number of benzene rings is 1. The third kappa shape index (κ3) is 4.88. The predicted octanol–water partition coefficient (Wildman–Crippen LogP) is 3.46. The number of nitrogens with one attached hydrogen (secondary N) is 3. The fraction of sp³-hybridized carbons (Fsp3) is 0.450. The summed E-state index contributed by atoms with van der Waals surface area (Å²) in [6.45, 7) is 6.28. The molecule has 1 aliphatic heterocycles. The number of hydrogen-bond acceptors (Lipinski definition) is 3. The van der Waals surface area contributed by atoms with Crippen LogP contribution in [0.3, 0.4) is 0 Å². The maximum Gasteiger partial charge on any atom is 0.191 e. The SMILES string of the molecule is CCNC(=NCCc1c[nH]c2ccc(F)cc12)NC1CCCn2nc(C)nc21.I. The first kappa shape index (κ1) is 21.5. The van der Waals surface area contributed by atoms with Crippen LogP contribution >= 0.6 is 24.0 Å². The molecule has 1 atom stereocenters. The van der Waals surface area contributed by atoms with Gasteiger partial charge < -0.3 is 15.6 Å². The van der Waals surface area contributed by atoms with E-state index in [-0.39, 0.29) is 35.8 Å². The molecule has 1 aromatic carbocycles. The van der Waals surface area contributed by atoms with E-state index in [0.29, 0.717) is 6.54 Å². The number of aryl methyl sites for hydroxylation is 2. The van der Waals surface area contributed by atoms with Crippen molar-refractivity contribution in [2.75, 3.05) is 13.1 Å². The molecular formula is C20H27FIN7. The first-order valence-corrected chi connectivity index (χ1v) is 9.85. The molecule has 1 aliphatic rings. The highest BCUT2D eigenvalue weighted by molar-refractivity contribution is 14.0. The zero-order valence-corrected chi connectivity index (χ0v) is 19.0. The van der Waals surface area contributed by atoms with Crippen LogP contribution in [0.5, 0.6) is 0 Å². The van der Waals surface area contributed by atoms with Crippen molar-refractivity contribution in [3.8, 4) is 0 Å². The molecule has 7 nitrogen and oxygen atoms in total. The topological polar surface area (TPSA) is 82.9 Å². The maximum absolute atomic E-state index is 13.6. The Hall–Kier alpha value is -2.17. The van der Waals surface area contributed by atoms with E-state index >= 15 is 0 Å². The van der Waals surface area contributed by atoms with Crippen molar-refractivity contribution >= 4 is 40.8 Å². The van der Waals surface area contributed by atoms with E-state index in [1.807, 2.05) is 24.7 Å². The van der Waals surface area contributed by atoms with E-state index < -0.39 is 0 Å². The van der Waals surface area contributed by atoms with Gasteiger partial charge in [-0.25, -0.2) is 14.1 Å². The highest BCUT2D eigenvalue weighted by atomic mass is 127. The number of halogens is 2. The van der Waals surface area contributed by atoms with Gasteiger partial charge in [-0.05, 0) is 56.9 Å². The van der Waals surface area contributed by atoms with Crippen molar-refractivity contribution in [2.45, 2.75) is 45.7 Å². The van der Waals surface area contributed by atoms with Gasteiger partial charge in [0.1, 0.15) is 17.5 Å². The van der Waals surface area contributed by atoms with E-state index in [0.717, 1.165) is 66.4 Å². The van der Waals surface area contributed by atoms with Gasteiger partial charge in [0.25, 0.3) is 0 Å². The molecule has 4 rings (SSSR count). The number of guanidine groups is 1. The van der Waals surface area contributed by atoms with Crippen molar-refractivity contribution in [2.24, 2.45) is 4.99 Å². The normalized spacial score (nSPS) is 16.4. The lowest BCUT2D eigenvalue weighted by molar-refractivity contribution is 0.397. The smallest absolute Gasteiger partial charge is 0.191 e. The number of aliphatic imine (C=N–C) groups is 1. The maximum atomic E-state index is 13.6. The first-order valence-electron chi connectivity index (χ1n) is 9.85. The Bertz CT molecular complexity index is 994. The Morgan fingerprint density at radius 3 is 3.10 bits per heavy atom. The summed E-state index contributed by atoms with van der Waals surface area (Å²) < 4.78 is 15.5. The van der Waals surface area contributed by atoms with E-state index in [9.17, 15) is 4.39 Å². The lowest BCUT2D eigenvalue weighted by atomic mass is 10.1. The summed E-state index contributed by atoms with van der Waals surface area (Å²) >= 11 is 0. The molecule has 0 spiro atoms. The fourth-order valence-corrected chi connectivity index (χ4v) is 3.74. The number of H-pyrrole nitrogens is 1. The van der Waals surface area contributed by atoms with Crippen LogP contribution in [0, 0.1) is 12.7 Å². The van der Waals surface area contributed by atoms with Gasteiger partial charge in [0.05, 0.1) is 6.04 Å². The largest absolute Gasteiger partial charge is 0.361 e. The van der Waals surface area contributed by atoms with Gasteiger partial charge in [0.15, 0.2) is 5.96 Å². The Balaban J connectivity index is 0.00000240. The second-order valence-electron chi connectivity index (χ2n) is 7.09.